The topological polar surface area (TPSA) is 35.2 Å². The third-order valence-electron chi connectivity index (χ3n) is 3.04. The molecule has 0 saturated heterocycles. The first-order valence-electron chi connectivity index (χ1n) is 6.56. The zero-order valence-corrected chi connectivity index (χ0v) is 12.9. The van der Waals surface area contributed by atoms with Crippen LogP contribution < -0.4 is 10.5 Å². The van der Waals surface area contributed by atoms with E-state index >= 15 is 0 Å². The Labute approximate surface area is 126 Å². The summed E-state index contributed by atoms with van der Waals surface area (Å²) in [5.74, 6) is 0.437. The zero-order valence-electron chi connectivity index (χ0n) is 11.3. The van der Waals surface area contributed by atoms with E-state index in [-0.39, 0.29) is 11.8 Å². The lowest BCUT2D eigenvalue weighted by Gasteiger charge is -2.11. The second-order valence-electron chi connectivity index (χ2n) is 4.70. The van der Waals surface area contributed by atoms with Crippen molar-refractivity contribution in [3.8, 4) is 11.5 Å². The lowest BCUT2D eigenvalue weighted by Crippen LogP contribution is -2.21. The zero-order chi connectivity index (χ0) is 14.5. The van der Waals surface area contributed by atoms with Crippen molar-refractivity contribution in [3.05, 3.63) is 58.3 Å². The van der Waals surface area contributed by atoms with Crippen molar-refractivity contribution >= 4 is 15.9 Å². The van der Waals surface area contributed by atoms with Crippen LogP contribution in [0.3, 0.4) is 0 Å². The summed E-state index contributed by atoms with van der Waals surface area (Å²) >= 11 is 3.22. The second-order valence-corrected chi connectivity index (χ2v) is 5.61. The van der Waals surface area contributed by atoms with Gasteiger partial charge in [-0.1, -0.05) is 35.0 Å². The Morgan fingerprint density at radius 3 is 2.75 bits per heavy atom. The van der Waals surface area contributed by atoms with E-state index in [1.54, 1.807) is 12.1 Å². The second kappa shape index (κ2) is 6.86. The maximum Gasteiger partial charge on any atom is 0.166 e. The molecule has 0 fully saturated rings. The highest BCUT2D eigenvalue weighted by atomic mass is 79.9. The van der Waals surface area contributed by atoms with Gasteiger partial charge in [0.05, 0.1) is 0 Å². The molecule has 0 radical (unpaired) electrons. The summed E-state index contributed by atoms with van der Waals surface area (Å²) in [7, 11) is 0. The maximum absolute atomic E-state index is 13.7. The molecule has 0 amide bonds. The highest BCUT2D eigenvalue weighted by Gasteiger charge is 2.07. The minimum Gasteiger partial charge on any atom is -0.454 e. The fourth-order valence-corrected chi connectivity index (χ4v) is 2.20. The Balaban J connectivity index is 2.15. The molecule has 4 heteroatoms. The molecule has 0 aliphatic carbocycles. The lowest BCUT2D eigenvalue weighted by atomic mass is 10.0. The molecule has 0 aliphatic heterocycles. The molecule has 20 heavy (non-hydrogen) atoms. The molecule has 2 N–H and O–H groups in total. The lowest BCUT2D eigenvalue weighted by molar-refractivity contribution is 0.441. The summed E-state index contributed by atoms with van der Waals surface area (Å²) in [4.78, 5) is 0. The molecule has 0 saturated carbocycles. The number of ether oxygens (including phenoxy) is 1. The number of hydrogen-bond donors (Lipinski definition) is 1. The number of halogens is 2. The van der Waals surface area contributed by atoms with Crippen molar-refractivity contribution in [2.45, 2.75) is 25.8 Å². The summed E-state index contributed by atoms with van der Waals surface area (Å²) in [5.41, 5.74) is 7.03. The predicted molar refractivity (Wildman–Crippen MR) is 82.6 cm³/mol. The van der Waals surface area contributed by atoms with Gasteiger partial charge in [0.25, 0.3) is 0 Å². The Morgan fingerprint density at radius 2 is 2.05 bits per heavy atom. The van der Waals surface area contributed by atoms with Crippen molar-refractivity contribution in [1.29, 1.82) is 0 Å². The minimum absolute atomic E-state index is 0.134. The van der Waals surface area contributed by atoms with Gasteiger partial charge in [0, 0.05) is 10.5 Å². The van der Waals surface area contributed by atoms with Gasteiger partial charge in [-0.3, -0.25) is 0 Å². The van der Waals surface area contributed by atoms with Crippen LogP contribution in [0.2, 0.25) is 0 Å². The van der Waals surface area contributed by atoms with E-state index in [1.807, 2.05) is 24.3 Å². The predicted octanol–water partition coefficient (Wildman–Crippen LogP) is 4.66. The van der Waals surface area contributed by atoms with Crippen LogP contribution in [0.25, 0.3) is 0 Å². The average Bonchev–Trinajstić information content (AvgIpc) is 2.42. The Kier molecular flexibility index (Phi) is 5.15. The Bertz CT molecular complexity index is 588. The minimum atomic E-state index is -0.393. The summed E-state index contributed by atoms with van der Waals surface area (Å²) in [6, 6.07) is 12.5. The van der Waals surface area contributed by atoms with Crippen LogP contribution >= 0.6 is 15.9 Å². The molecule has 2 rings (SSSR count). The SMILES string of the molecule is CCC(N)Cc1cccc(Oc2ccc(Br)cc2F)c1. The van der Waals surface area contributed by atoms with Crippen LogP contribution in [0.1, 0.15) is 18.9 Å². The van der Waals surface area contributed by atoms with Gasteiger partial charge in [-0.15, -0.1) is 0 Å². The monoisotopic (exact) mass is 337 g/mol. The molecule has 0 heterocycles. The average molecular weight is 338 g/mol. The van der Waals surface area contributed by atoms with Gasteiger partial charge in [-0.2, -0.15) is 0 Å². The molecule has 0 bridgehead atoms. The van der Waals surface area contributed by atoms with E-state index in [0.717, 1.165) is 18.4 Å². The van der Waals surface area contributed by atoms with Crippen molar-refractivity contribution in [2.75, 3.05) is 0 Å². The number of nitrogens with two attached hydrogens (primary N) is 1. The number of benzene rings is 2. The summed E-state index contributed by atoms with van der Waals surface area (Å²) in [6.45, 7) is 2.06. The molecule has 2 aromatic carbocycles. The molecule has 0 aromatic heterocycles. The first-order chi connectivity index (χ1) is 9.58. The first-order valence-corrected chi connectivity index (χ1v) is 7.35. The third kappa shape index (κ3) is 4.05. The largest absolute Gasteiger partial charge is 0.454 e. The van der Waals surface area contributed by atoms with Crippen molar-refractivity contribution in [3.63, 3.8) is 0 Å². The fourth-order valence-electron chi connectivity index (χ4n) is 1.87. The molecule has 1 atom stereocenters. The van der Waals surface area contributed by atoms with E-state index in [0.29, 0.717) is 10.2 Å². The van der Waals surface area contributed by atoms with Gasteiger partial charge < -0.3 is 10.5 Å². The van der Waals surface area contributed by atoms with Gasteiger partial charge in [-0.25, -0.2) is 4.39 Å². The van der Waals surface area contributed by atoms with Gasteiger partial charge >= 0.3 is 0 Å². The van der Waals surface area contributed by atoms with E-state index in [9.17, 15) is 4.39 Å². The summed E-state index contributed by atoms with van der Waals surface area (Å²) in [6.07, 6.45) is 1.71. The molecular formula is C16H17BrFNO. The third-order valence-corrected chi connectivity index (χ3v) is 3.54. The normalized spacial score (nSPS) is 12.2. The fraction of sp³-hybridized carbons (Fsp3) is 0.250. The van der Waals surface area contributed by atoms with Crippen LogP contribution in [0, 0.1) is 5.82 Å². The standard InChI is InChI=1S/C16H17BrFNO/c1-2-13(19)8-11-4-3-5-14(9-11)20-16-7-6-12(17)10-15(16)18/h3-7,9-10,13H,2,8,19H2,1H3. The number of rotatable bonds is 5. The Morgan fingerprint density at radius 1 is 1.25 bits per heavy atom. The van der Waals surface area contributed by atoms with E-state index in [4.69, 9.17) is 10.5 Å². The Hall–Kier alpha value is -1.39. The van der Waals surface area contributed by atoms with Crippen LogP contribution in [0.5, 0.6) is 11.5 Å². The van der Waals surface area contributed by atoms with E-state index in [2.05, 4.69) is 22.9 Å². The summed E-state index contributed by atoms with van der Waals surface area (Å²) < 4.78 is 20.0. The van der Waals surface area contributed by atoms with Crippen molar-refractivity contribution in [1.82, 2.24) is 0 Å². The molecule has 2 aromatic rings. The van der Waals surface area contributed by atoms with E-state index in [1.165, 1.54) is 6.07 Å². The number of hydrogen-bond acceptors (Lipinski definition) is 2. The van der Waals surface area contributed by atoms with Crippen LogP contribution in [-0.2, 0) is 6.42 Å². The van der Waals surface area contributed by atoms with Gasteiger partial charge in [0.1, 0.15) is 5.75 Å². The highest BCUT2D eigenvalue weighted by Crippen LogP contribution is 2.27. The van der Waals surface area contributed by atoms with Gasteiger partial charge in [0.15, 0.2) is 11.6 Å². The van der Waals surface area contributed by atoms with Crippen LogP contribution in [0.15, 0.2) is 46.9 Å². The van der Waals surface area contributed by atoms with Gasteiger partial charge in [-0.05, 0) is 48.7 Å². The first kappa shape index (κ1) is 15.0. The molecule has 0 spiro atoms. The van der Waals surface area contributed by atoms with Crippen LogP contribution in [0.4, 0.5) is 4.39 Å². The highest BCUT2D eigenvalue weighted by molar-refractivity contribution is 9.10. The van der Waals surface area contributed by atoms with Crippen LogP contribution in [-0.4, -0.2) is 6.04 Å². The van der Waals surface area contributed by atoms with Crippen molar-refractivity contribution in [2.24, 2.45) is 5.73 Å². The molecule has 1 unspecified atom stereocenters. The molecule has 2 nitrogen and oxygen atoms in total. The summed E-state index contributed by atoms with van der Waals surface area (Å²) in [5, 5.41) is 0. The van der Waals surface area contributed by atoms with Crippen molar-refractivity contribution < 1.29 is 9.13 Å². The molecular weight excluding hydrogens is 321 g/mol. The van der Waals surface area contributed by atoms with Gasteiger partial charge in [0.2, 0.25) is 0 Å². The molecule has 0 aliphatic rings. The smallest absolute Gasteiger partial charge is 0.166 e. The van der Waals surface area contributed by atoms with E-state index < -0.39 is 5.82 Å². The maximum atomic E-state index is 13.7. The molecule has 106 valence electrons. The quantitative estimate of drug-likeness (QED) is 0.861.